The second-order valence-corrected chi connectivity index (χ2v) is 7.36. The molecule has 0 aromatic heterocycles. The van der Waals surface area contributed by atoms with Crippen molar-refractivity contribution in [2.45, 2.75) is 39.2 Å². The van der Waals surface area contributed by atoms with Gasteiger partial charge in [-0.1, -0.05) is 31.0 Å². The quantitative estimate of drug-likeness (QED) is 0.781. The average molecular weight is 380 g/mol. The third-order valence-corrected chi connectivity index (χ3v) is 5.23. The third-order valence-electron chi connectivity index (χ3n) is 5.23. The number of hydrogen-bond acceptors (Lipinski definition) is 4. The maximum absolute atomic E-state index is 12.6. The summed E-state index contributed by atoms with van der Waals surface area (Å²) in [5.41, 5.74) is 3.74. The summed E-state index contributed by atoms with van der Waals surface area (Å²) in [6, 6.07) is 12.9. The van der Waals surface area contributed by atoms with Crippen molar-refractivity contribution < 1.29 is 14.3 Å². The number of aryl methyl sites for hydroxylation is 1. The molecule has 1 aliphatic heterocycles. The smallest absolute Gasteiger partial charge is 0.337 e. The van der Waals surface area contributed by atoms with Crippen LogP contribution in [0.1, 0.15) is 57.5 Å². The molecule has 0 atom stereocenters. The number of esters is 1. The van der Waals surface area contributed by atoms with E-state index in [1.165, 1.54) is 38.4 Å². The highest BCUT2D eigenvalue weighted by molar-refractivity contribution is 6.05. The summed E-state index contributed by atoms with van der Waals surface area (Å²) in [6.07, 6.45) is 5.19. The fourth-order valence-corrected chi connectivity index (χ4v) is 3.51. The Labute approximate surface area is 166 Å². The molecule has 2 aromatic rings. The predicted octanol–water partition coefficient (Wildman–Crippen LogP) is 4.41. The molecule has 1 N–H and O–H groups in total. The number of amides is 1. The molecule has 5 nitrogen and oxygen atoms in total. The lowest BCUT2D eigenvalue weighted by atomic mass is 10.1. The molecule has 1 saturated heterocycles. The first-order chi connectivity index (χ1) is 13.6. The average Bonchev–Trinajstić information content (AvgIpc) is 2.98. The number of rotatable bonds is 5. The van der Waals surface area contributed by atoms with Crippen molar-refractivity contribution in [1.82, 2.24) is 4.90 Å². The highest BCUT2D eigenvalue weighted by atomic mass is 16.5. The molecule has 1 fully saturated rings. The monoisotopic (exact) mass is 380 g/mol. The minimum absolute atomic E-state index is 0.188. The molecule has 5 heteroatoms. The molecule has 28 heavy (non-hydrogen) atoms. The summed E-state index contributed by atoms with van der Waals surface area (Å²) in [4.78, 5) is 26.8. The number of carbonyl (C=O) groups excluding carboxylic acids is 2. The van der Waals surface area contributed by atoms with Gasteiger partial charge in [0.05, 0.1) is 12.7 Å². The molecule has 0 aliphatic carbocycles. The highest BCUT2D eigenvalue weighted by Gasteiger charge is 2.13. The van der Waals surface area contributed by atoms with Crippen LogP contribution in [0.5, 0.6) is 0 Å². The lowest BCUT2D eigenvalue weighted by Gasteiger charge is -2.19. The number of anilines is 1. The summed E-state index contributed by atoms with van der Waals surface area (Å²) in [6.45, 7) is 5.12. The van der Waals surface area contributed by atoms with Crippen LogP contribution in [-0.2, 0) is 11.3 Å². The predicted molar refractivity (Wildman–Crippen MR) is 111 cm³/mol. The van der Waals surface area contributed by atoms with Gasteiger partial charge in [-0.2, -0.15) is 0 Å². The van der Waals surface area contributed by atoms with Gasteiger partial charge in [-0.05, 0) is 68.2 Å². The minimum atomic E-state index is -0.423. The number of likely N-dealkylation sites (tertiary alicyclic amines) is 1. The molecule has 0 bridgehead atoms. The van der Waals surface area contributed by atoms with Gasteiger partial charge in [0, 0.05) is 17.8 Å². The van der Waals surface area contributed by atoms with Gasteiger partial charge in [-0.3, -0.25) is 9.69 Å². The first-order valence-corrected chi connectivity index (χ1v) is 9.88. The van der Waals surface area contributed by atoms with Crippen molar-refractivity contribution in [1.29, 1.82) is 0 Å². The maximum Gasteiger partial charge on any atom is 0.337 e. The number of hydrogen-bond donors (Lipinski definition) is 1. The third kappa shape index (κ3) is 5.20. The first-order valence-electron chi connectivity index (χ1n) is 9.88. The van der Waals surface area contributed by atoms with Crippen LogP contribution in [0.4, 0.5) is 5.69 Å². The van der Waals surface area contributed by atoms with Crippen molar-refractivity contribution in [3.8, 4) is 0 Å². The molecule has 1 amide bonds. The highest BCUT2D eigenvalue weighted by Crippen LogP contribution is 2.19. The Balaban J connectivity index is 1.65. The molecule has 0 radical (unpaired) electrons. The van der Waals surface area contributed by atoms with E-state index < -0.39 is 5.97 Å². The topological polar surface area (TPSA) is 58.6 Å². The van der Waals surface area contributed by atoms with Crippen LogP contribution in [0.25, 0.3) is 0 Å². The number of nitrogens with one attached hydrogen (secondary N) is 1. The Hall–Kier alpha value is -2.66. The van der Waals surface area contributed by atoms with Crippen molar-refractivity contribution in [3.63, 3.8) is 0 Å². The van der Waals surface area contributed by atoms with Crippen LogP contribution in [0, 0.1) is 6.92 Å². The summed E-state index contributed by atoms with van der Waals surface area (Å²) >= 11 is 0. The number of ether oxygens (including phenoxy) is 1. The van der Waals surface area contributed by atoms with E-state index in [4.69, 9.17) is 4.74 Å². The molecule has 2 aromatic carbocycles. The second kappa shape index (κ2) is 9.51. The standard InChI is InChI=1S/C23H28N2O3/c1-17-7-10-20(23(27)28-2)15-21(17)24-22(26)19-11-8-18(9-12-19)16-25-13-5-3-4-6-14-25/h7-12,15H,3-6,13-14,16H2,1-2H3,(H,24,26). The van der Waals surface area contributed by atoms with E-state index in [0.29, 0.717) is 16.8 Å². The van der Waals surface area contributed by atoms with E-state index in [9.17, 15) is 9.59 Å². The van der Waals surface area contributed by atoms with Crippen molar-refractivity contribution in [3.05, 3.63) is 64.7 Å². The van der Waals surface area contributed by atoms with Gasteiger partial charge in [0.2, 0.25) is 0 Å². The fraction of sp³-hybridized carbons (Fsp3) is 0.391. The molecule has 1 aliphatic rings. The summed E-state index contributed by atoms with van der Waals surface area (Å²) < 4.78 is 4.75. The Morgan fingerprint density at radius 1 is 0.964 bits per heavy atom. The number of methoxy groups -OCH3 is 1. The minimum Gasteiger partial charge on any atom is -0.465 e. The van der Waals surface area contributed by atoms with Gasteiger partial charge in [0.1, 0.15) is 0 Å². The van der Waals surface area contributed by atoms with Crippen LogP contribution in [0.2, 0.25) is 0 Å². The maximum atomic E-state index is 12.6. The van der Waals surface area contributed by atoms with Crippen LogP contribution < -0.4 is 5.32 Å². The van der Waals surface area contributed by atoms with Crippen LogP contribution in [-0.4, -0.2) is 37.0 Å². The van der Waals surface area contributed by atoms with E-state index in [-0.39, 0.29) is 5.91 Å². The van der Waals surface area contributed by atoms with Crippen LogP contribution in [0.15, 0.2) is 42.5 Å². The Bertz CT molecular complexity index is 822. The molecule has 148 valence electrons. The van der Waals surface area contributed by atoms with E-state index >= 15 is 0 Å². The normalized spacial score (nSPS) is 14.9. The van der Waals surface area contributed by atoms with E-state index in [1.54, 1.807) is 18.2 Å². The van der Waals surface area contributed by atoms with Crippen LogP contribution in [0.3, 0.4) is 0 Å². The van der Waals surface area contributed by atoms with Gasteiger partial charge < -0.3 is 10.1 Å². The zero-order chi connectivity index (χ0) is 19.9. The summed E-state index contributed by atoms with van der Waals surface area (Å²) in [5.74, 6) is -0.611. The van der Waals surface area contributed by atoms with E-state index in [2.05, 4.69) is 10.2 Å². The van der Waals surface area contributed by atoms with E-state index in [0.717, 1.165) is 25.2 Å². The lowest BCUT2D eigenvalue weighted by molar-refractivity contribution is 0.0600. The zero-order valence-electron chi connectivity index (χ0n) is 16.7. The molecular formula is C23H28N2O3. The Morgan fingerprint density at radius 3 is 2.25 bits per heavy atom. The summed E-state index contributed by atoms with van der Waals surface area (Å²) in [7, 11) is 1.34. The fourth-order valence-electron chi connectivity index (χ4n) is 3.51. The first kappa shape index (κ1) is 20.1. The number of benzene rings is 2. The molecule has 1 heterocycles. The Kier molecular flexibility index (Phi) is 6.82. The van der Waals surface area contributed by atoms with Crippen LogP contribution >= 0.6 is 0 Å². The van der Waals surface area contributed by atoms with Gasteiger partial charge >= 0.3 is 5.97 Å². The molecule has 0 saturated carbocycles. The van der Waals surface area contributed by atoms with Crippen molar-refractivity contribution in [2.24, 2.45) is 0 Å². The zero-order valence-corrected chi connectivity index (χ0v) is 16.7. The molecule has 0 unspecified atom stereocenters. The SMILES string of the molecule is COC(=O)c1ccc(C)c(NC(=O)c2ccc(CN3CCCCCC3)cc2)c1. The lowest BCUT2D eigenvalue weighted by Crippen LogP contribution is -2.24. The Morgan fingerprint density at radius 2 is 1.61 bits per heavy atom. The summed E-state index contributed by atoms with van der Waals surface area (Å²) in [5, 5.41) is 2.90. The van der Waals surface area contributed by atoms with Gasteiger partial charge in [-0.15, -0.1) is 0 Å². The van der Waals surface area contributed by atoms with Gasteiger partial charge in [0.15, 0.2) is 0 Å². The number of nitrogens with zero attached hydrogens (tertiary/aromatic N) is 1. The van der Waals surface area contributed by atoms with Gasteiger partial charge in [-0.25, -0.2) is 4.79 Å². The molecule has 0 spiro atoms. The number of carbonyl (C=O) groups is 2. The van der Waals surface area contributed by atoms with Gasteiger partial charge in [0.25, 0.3) is 5.91 Å². The van der Waals surface area contributed by atoms with Crippen molar-refractivity contribution in [2.75, 3.05) is 25.5 Å². The largest absolute Gasteiger partial charge is 0.465 e. The molecule has 3 rings (SSSR count). The molecular weight excluding hydrogens is 352 g/mol. The van der Waals surface area contributed by atoms with Crippen molar-refractivity contribution >= 4 is 17.6 Å². The van der Waals surface area contributed by atoms with E-state index in [1.807, 2.05) is 31.2 Å². The second-order valence-electron chi connectivity index (χ2n) is 7.36.